The number of terminal acetylenes is 2. The van der Waals surface area contributed by atoms with Crippen LogP contribution in [0, 0.1) is 24.7 Å². The van der Waals surface area contributed by atoms with Gasteiger partial charge in [0, 0.05) is 5.56 Å². The second-order valence-corrected chi connectivity index (χ2v) is 9.27. The molecular formula is C21H17FN5O7P. The van der Waals surface area contributed by atoms with Crippen LogP contribution < -0.4 is 10.3 Å². The Morgan fingerprint density at radius 2 is 2.09 bits per heavy atom. The number of phosphoric ester groups is 1. The van der Waals surface area contributed by atoms with Crippen molar-refractivity contribution >= 4 is 24.8 Å². The number of fused-ring (bicyclic) bond motifs is 2. The number of ether oxygens (including phenoxy) is 1. The Kier molecular flexibility index (Phi) is 5.30. The zero-order valence-electron chi connectivity index (χ0n) is 17.7. The monoisotopic (exact) mass is 501 g/mol. The molecule has 0 radical (unpaired) electrons. The third kappa shape index (κ3) is 3.54. The van der Waals surface area contributed by atoms with Crippen LogP contribution >= 0.6 is 7.82 Å². The lowest BCUT2D eigenvalue weighted by Crippen LogP contribution is -2.45. The number of nitrogens with zero attached hydrogens (tertiary/aromatic N) is 4. The fraction of sp³-hybridized carbons (Fsp3) is 0.286. The van der Waals surface area contributed by atoms with E-state index in [1.807, 2.05) is 0 Å². The number of hydrogen-bond donors (Lipinski definition) is 3. The summed E-state index contributed by atoms with van der Waals surface area (Å²) in [4.78, 5) is 12.0. The van der Waals surface area contributed by atoms with E-state index in [0.717, 1.165) is 10.9 Å². The number of hydrogen-bond acceptors (Lipinski definition) is 11. The first-order chi connectivity index (χ1) is 16.6. The highest BCUT2D eigenvalue weighted by Gasteiger charge is 2.65. The summed E-state index contributed by atoms with van der Waals surface area (Å²) in [5, 5.41) is 21.4. The summed E-state index contributed by atoms with van der Waals surface area (Å²) in [5.41, 5.74) is 4.05. The van der Waals surface area contributed by atoms with Crippen LogP contribution in [0.15, 0.2) is 30.6 Å². The van der Waals surface area contributed by atoms with Crippen LogP contribution in [0.4, 0.5) is 10.2 Å². The van der Waals surface area contributed by atoms with Crippen LogP contribution in [0.1, 0.15) is 11.4 Å². The number of rotatable bonds is 4. The number of alkyl halides is 1. The maximum Gasteiger partial charge on any atom is 0.530 e. The maximum atomic E-state index is 15.9. The molecule has 3 aromatic rings. The van der Waals surface area contributed by atoms with E-state index in [-0.39, 0.29) is 35.2 Å². The molecule has 2 aliphatic rings. The number of imidazole rings is 1. The van der Waals surface area contributed by atoms with Gasteiger partial charge in [0.2, 0.25) is 11.5 Å². The number of benzene rings is 1. The van der Waals surface area contributed by atoms with Gasteiger partial charge in [-0.25, -0.2) is 23.9 Å². The molecule has 0 spiro atoms. The molecule has 0 amide bonds. The van der Waals surface area contributed by atoms with E-state index in [1.54, 1.807) is 18.2 Å². The molecule has 2 aliphatic heterocycles. The van der Waals surface area contributed by atoms with E-state index >= 15 is 4.39 Å². The summed E-state index contributed by atoms with van der Waals surface area (Å²) in [6.07, 6.45) is 7.73. The smallest absolute Gasteiger partial charge is 0.404 e. The van der Waals surface area contributed by atoms with Gasteiger partial charge in [0.15, 0.2) is 11.5 Å². The molecule has 0 aliphatic carbocycles. The summed E-state index contributed by atoms with van der Waals surface area (Å²) in [7, 11) is -4.30. The van der Waals surface area contributed by atoms with E-state index in [1.165, 1.54) is 6.07 Å². The number of nitrogen functional groups attached to an aromatic ring is 1. The van der Waals surface area contributed by atoms with Gasteiger partial charge >= 0.3 is 7.82 Å². The van der Waals surface area contributed by atoms with Crippen molar-refractivity contribution in [1.29, 1.82) is 0 Å². The van der Waals surface area contributed by atoms with Gasteiger partial charge in [-0.1, -0.05) is 18.2 Å². The van der Waals surface area contributed by atoms with Crippen molar-refractivity contribution in [2.24, 2.45) is 0 Å². The Balaban J connectivity index is 1.46. The summed E-state index contributed by atoms with van der Waals surface area (Å²) in [6.45, 7) is -1.29. The Hall–Kier alpha value is -3.55. The van der Waals surface area contributed by atoms with Gasteiger partial charge in [-0.2, -0.15) is 0 Å². The average molecular weight is 501 g/mol. The zero-order chi connectivity index (χ0) is 25.0. The highest BCUT2D eigenvalue weighted by atomic mass is 31.2. The fourth-order valence-corrected chi connectivity index (χ4v) is 5.02. The molecule has 0 saturated carbocycles. The van der Waals surface area contributed by atoms with Gasteiger partial charge in [0.05, 0.1) is 6.61 Å². The molecule has 12 nitrogen and oxygen atoms in total. The summed E-state index contributed by atoms with van der Waals surface area (Å²) >= 11 is 0. The fourth-order valence-electron chi connectivity index (χ4n) is 3.79. The Labute approximate surface area is 197 Å². The zero-order valence-corrected chi connectivity index (χ0v) is 18.6. The third-order valence-electron chi connectivity index (χ3n) is 5.56. The second kappa shape index (κ2) is 8.00. The number of nitrogens with two attached hydrogens (primary N) is 1. The third-order valence-corrected chi connectivity index (χ3v) is 6.88. The minimum absolute atomic E-state index is 0.0450. The van der Waals surface area contributed by atoms with Crippen LogP contribution in [0.25, 0.3) is 11.2 Å². The molecule has 1 fully saturated rings. The van der Waals surface area contributed by atoms with E-state index < -0.39 is 38.2 Å². The van der Waals surface area contributed by atoms with Crippen molar-refractivity contribution in [3.8, 4) is 30.4 Å². The lowest BCUT2D eigenvalue weighted by atomic mass is 10.0. The Morgan fingerprint density at radius 3 is 2.83 bits per heavy atom. The molecule has 1 unspecified atom stereocenters. The van der Waals surface area contributed by atoms with E-state index in [2.05, 4.69) is 26.8 Å². The van der Waals surface area contributed by atoms with E-state index in [0.29, 0.717) is 5.56 Å². The highest BCUT2D eigenvalue weighted by Crippen LogP contribution is 2.56. The van der Waals surface area contributed by atoms with Gasteiger partial charge in [0.1, 0.15) is 36.4 Å². The number of anilines is 1. The SMILES string of the molecule is C#Cc1nc(N)c2ncn([C@]3(C#C)O[C@](F)(COP4(=O)OCc5ccccc5O4)[C@@H](O)[C@H]3O)c2n1. The normalized spacial score (nSPS) is 31.9. The van der Waals surface area contributed by atoms with Gasteiger partial charge in [-0.3, -0.25) is 13.6 Å². The Bertz CT molecular complexity index is 1470. The van der Waals surface area contributed by atoms with Gasteiger partial charge in [0.25, 0.3) is 5.85 Å². The standard InChI is InChI=1S/C21H17FN5O7P/c1-3-14-25-18(23)15-19(26-14)27(11-24-15)21(4-2)17(29)16(28)20(22,34-21)10-32-35(30)31-9-12-7-5-6-8-13(12)33-35/h1-2,5-8,11,16-17,28-29H,9-10H2,(H2,23,25,26)/t16-,17+,20+,21+,35?/m0/s1. The number of halogens is 1. The molecule has 1 aromatic carbocycles. The molecule has 180 valence electrons. The maximum absolute atomic E-state index is 15.9. The summed E-state index contributed by atoms with van der Waals surface area (Å²) < 4.78 is 50.7. The number of aromatic nitrogens is 4. The molecule has 4 heterocycles. The van der Waals surface area contributed by atoms with Crippen molar-refractivity contribution in [3.05, 3.63) is 42.0 Å². The second-order valence-electron chi connectivity index (χ2n) is 7.68. The first-order valence-corrected chi connectivity index (χ1v) is 11.5. The predicted molar refractivity (Wildman–Crippen MR) is 117 cm³/mol. The lowest BCUT2D eigenvalue weighted by molar-refractivity contribution is -0.224. The summed E-state index contributed by atoms with van der Waals surface area (Å²) in [5.74, 6) is 1.19. The van der Waals surface area contributed by atoms with Crippen molar-refractivity contribution < 1.29 is 37.5 Å². The average Bonchev–Trinajstić information content (AvgIpc) is 3.37. The minimum Gasteiger partial charge on any atom is -0.404 e. The first-order valence-electron chi connectivity index (χ1n) is 10.0. The molecule has 0 bridgehead atoms. The number of para-hydroxylation sites is 1. The topological polar surface area (TPSA) is 164 Å². The predicted octanol–water partition coefficient (Wildman–Crippen LogP) is 0.827. The minimum atomic E-state index is -4.30. The highest BCUT2D eigenvalue weighted by molar-refractivity contribution is 7.49. The first kappa shape index (κ1) is 23.2. The van der Waals surface area contributed by atoms with Crippen LogP contribution in [0.2, 0.25) is 0 Å². The van der Waals surface area contributed by atoms with E-state index in [4.69, 9.17) is 36.9 Å². The van der Waals surface area contributed by atoms with Crippen LogP contribution in [0.5, 0.6) is 5.75 Å². The molecule has 5 rings (SSSR count). The molecule has 35 heavy (non-hydrogen) atoms. The van der Waals surface area contributed by atoms with Crippen molar-refractivity contribution in [1.82, 2.24) is 19.5 Å². The number of aliphatic hydroxyl groups excluding tert-OH is 2. The van der Waals surface area contributed by atoms with Crippen molar-refractivity contribution in [2.45, 2.75) is 30.4 Å². The van der Waals surface area contributed by atoms with E-state index in [9.17, 15) is 14.8 Å². The van der Waals surface area contributed by atoms with Crippen LogP contribution in [-0.4, -0.2) is 54.4 Å². The summed E-state index contributed by atoms with van der Waals surface area (Å²) in [6, 6.07) is 6.60. The number of aliphatic hydroxyl groups is 2. The van der Waals surface area contributed by atoms with Gasteiger partial charge < -0.3 is 25.2 Å². The Morgan fingerprint density at radius 1 is 1.31 bits per heavy atom. The quantitative estimate of drug-likeness (QED) is 0.343. The molecule has 4 N–H and O–H groups in total. The number of phosphoric acid groups is 1. The van der Waals surface area contributed by atoms with Crippen LogP contribution in [0.3, 0.4) is 0 Å². The molecule has 2 aromatic heterocycles. The van der Waals surface area contributed by atoms with Gasteiger partial charge in [-0.05, 0) is 17.9 Å². The molecule has 14 heteroatoms. The molecule has 5 atom stereocenters. The largest absolute Gasteiger partial charge is 0.530 e. The van der Waals surface area contributed by atoms with Gasteiger partial charge in [-0.15, -0.1) is 12.8 Å². The lowest BCUT2D eigenvalue weighted by Gasteiger charge is -2.30. The molecule has 1 saturated heterocycles. The van der Waals surface area contributed by atoms with Crippen molar-refractivity contribution in [3.63, 3.8) is 0 Å². The van der Waals surface area contributed by atoms with Crippen molar-refractivity contribution in [2.75, 3.05) is 12.3 Å². The molecular weight excluding hydrogens is 484 g/mol. The van der Waals surface area contributed by atoms with Crippen LogP contribution in [-0.2, 0) is 30.7 Å².